The zero-order valence-electron chi connectivity index (χ0n) is 7.79. The first-order valence-electron chi connectivity index (χ1n) is 4.48. The van der Waals surface area contributed by atoms with Crippen LogP contribution in [0.1, 0.15) is 18.9 Å². The van der Waals surface area contributed by atoms with E-state index >= 15 is 0 Å². The molecule has 0 unspecified atom stereocenters. The predicted molar refractivity (Wildman–Crippen MR) is 52.9 cm³/mol. The van der Waals surface area contributed by atoms with Crippen LogP contribution in [0.3, 0.4) is 0 Å². The normalized spacial score (nSPS) is 9.62. The first-order chi connectivity index (χ1) is 6.33. The van der Waals surface area contributed by atoms with Crippen molar-refractivity contribution in [2.45, 2.75) is 19.9 Å². The summed E-state index contributed by atoms with van der Waals surface area (Å²) >= 11 is 0. The minimum atomic E-state index is 0.00588. The fourth-order valence-corrected chi connectivity index (χ4v) is 1.04. The molecule has 0 aliphatic heterocycles. The fraction of sp³-hybridized carbons (Fsp3) is 0.273. The summed E-state index contributed by atoms with van der Waals surface area (Å²) in [5.41, 5.74) is 1.13. The molecule has 1 amide bonds. The molecule has 13 heavy (non-hydrogen) atoms. The van der Waals surface area contributed by atoms with Crippen LogP contribution in [0.4, 0.5) is 0 Å². The molecule has 0 aliphatic rings. The summed E-state index contributed by atoms with van der Waals surface area (Å²) in [4.78, 5) is 11.0. The van der Waals surface area contributed by atoms with Crippen molar-refractivity contribution in [1.29, 1.82) is 0 Å². The summed E-state index contributed by atoms with van der Waals surface area (Å²) in [5.74, 6) is 0.00588. The molecule has 69 valence electrons. The molecule has 0 spiro atoms. The van der Waals surface area contributed by atoms with Crippen molar-refractivity contribution in [2.75, 3.05) is 0 Å². The maximum atomic E-state index is 11.0. The topological polar surface area (TPSA) is 29.1 Å². The van der Waals surface area contributed by atoms with Gasteiger partial charge in [0, 0.05) is 13.0 Å². The van der Waals surface area contributed by atoms with Gasteiger partial charge >= 0.3 is 0 Å². The molecule has 0 saturated carbocycles. The Kier molecular flexibility index (Phi) is 4.03. The van der Waals surface area contributed by atoms with Gasteiger partial charge in [-0.25, -0.2) is 0 Å². The number of rotatable bonds is 4. The molecule has 0 aliphatic carbocycles. The molecule has 0 heterocycles. The largest absolute Gasteiger partial charge is 0.352 e. The summed E-state index contributed by atoms with van der Waals surface area (Å²) < 4.78 is 0. The SMILES string of the molecule is CC[CH]C(=O)NCc1ccccc1. The molecular formula is C11H14NO. The van der Waals surface area contributed by atoms with Crippen molar-refractivity contribution in [3.05, 3.63) is 42.3 Å². The highest BCUT2D eigenvalue weighted by molar-refractivity contribution is 5.84. The van der Waals surface area contributed by atoms with Gasteiger partial charge in [0.15, 0.2) is 0 Å². The van der Waals surface area contributed by atoms with Crippen molar-refractivity contribution < 1.29 is 4.79 Å². The molecule has 0 saturated heterocycles. The van der Waals surface area contributed by atoms with E-state index in [0.29, 0.717) is 6.54 Å². The van der Waals surface area contributed by atoms with Gasteiger partial charge in [0.25, 0.3) is 0 Å². The molecule has 1 N–H and O–H groups in total. The molecule has 0 bridgehead atoms. The fourth-order valence-electron chi connectivity index (χ4n) is 1.04. The quantitative estimate of drug-likeness (QED) is 0.746. The van der Waals surface area contributed by atoms with Crippen LogP contribution in [0.5, 0.6) is 0 Å². The second-order valence-corrected chi connectivity index (χ2v) is 2.82. The van der Waals surface area contributed by atoms with Crippen molar-refractivity contribution >= 4 is 5.91 Å². The number of carbonyl (C=O) groups excluding carboxylic acids is 1. The van der Waals surface area contributed by atoms with E-state index in [1.807, 2.05) is 37.3 Å². The van der Waals surface area contributed by atoms with E-state index in [1.54, 1.807) is 6.42 Å². The van der Waals surface area contributed by atoms with E-state index < -0.39 is 0 Å². The van der Waals surface area contributed by atoms with Crippen LogP contribution in [0, 0.1) is 6.42 Å². The van der Waals surface area contributed by atoms with Gasteiger partial charge in [-0.2, -0.15) is 0 Å². The number of amides is 1. The number of nitrogens with one attached hydrogen (secondary N) is 1. The Labute approximate surface area is 79.0 Å². The lowest BCUT2D eigenvalue weighted by Crippen LogP contribution is -2.22. The zero-order chi connectivity index (χ0) is 9.52. The monoisotopic (exact) mass is 176 g/mol. The third kappa shape index (κ3) is 3.74. The number of carbonyl (C=O) groups is 1. The summed E-state index contributed by atoms with van der Waals surface area (Å²) in [5, 5.41) is 2.81. The van der Waals surface area contributed by atoms with Crippen molar-refractivity contribution in [2.24, 2.45) is 0 Å². The van der Waals surface area contributed by atoms with Crippen molar-refractivity contribution in [1.82, 2.24) is 5.32 Å². The minimum absolute atomic E-state index is 0.00588. The Morgan fingerprint density at radius 1 is 1.38 bits per heavy atom. The molecule has 0 aromatic heterocycles. The lowest BCUT2D eigenvalue weighted by atomic mass is 10.2. The average molecular weight is 176 g/mol. The highest BCUT2D eigenvalue weighted by Gasteiger charge is 1.98. The highest BCUT2D eigenvalue weighted by Crippen LogP contribution is 1.97. The summed E-state index contributed by atoms with van der Waals surface area (Å²) in [6.07, 6.45) is 2.42. The molecular weight excluding hydrogens is 162 g/mol. The van der Waals surface area contributed by atoms with E-state index in [-0.39, 0.29) is 5.91 Å². The summed E-state index contributed by atoms with van der Waals surface area (Å²) in [6, 6.07) is 9.87. The van der Waals surface area contributed by atoms with Gasteiger partial charge in [-0.15, -0.1) is 0 Å². The molecule has 0 fully saturated rings. The minimum Gasteiger partial charge on any atom is -0.352 e. The maximum Gasteiger partial charge on any atom is 0.224 e. The van der Waals surface area contributed by atoms with Gasteiger partial charge in [-0.3, -0.25) is 4.79 Å². The van der Waals surface area contributed by atoms with Crippen LogP contribution in [0.15, 0.2) is 30.3 Å². The third-order valence-electron chi connectivity index (χ3n) is 1.70. The van der Waals surface area contributed by atoms with E-state index in [9.17, 15) is 4.79 Å². The Morgan fingerprint density at radius 2 is 2.08 bits per heavy atom. The number of hydrogen-bond acceptors (Lipinski definition) is 1. The van der Waals surface area contributed by atoms with Gasteiger partial charge in [-0.1, -0.05) is 37.3 Å². The predicted octanol–water partition coefficient (Wildman–Crippen LogP) is 1.92. The first kappa shape index (κ1) is 9.78. The number of benzene rings is 1. The second kappa shape index (κ2) is 5.36. The molecule has 0 atom stereocenters. The molecule has 1 aromatic carbocycles. The molecule has 2 heteroatoms. The highest BCUT2D eigenvalue weighted by atomic mass is 16.1. The molecule has 1 aromatic rings. The maximum absolute atomic E-state index is 11.0. The second-order valence-electron chi connectivity index (χ2n) is 2.82. The average Bonchev–Trinajstić information content (AvgIpc) is 2.17. The van der Waals surface area contributed by atoms with Crippen LogP contribution >= 0.6 is 0 Å². The van der Waals surface area contributed by atoms with Crippen molar-refractivity contribution in [3.63, 3.8) is 0 Å². The lowest BCUT2D eigenvalue weighted by Gasteiger charge is -2.03. The van der Waals surface area contributed by atoms with Crippen LogP contribution in [-0.2, 0) is 11.3 Å². The lowest BCUT2D eigenvalue weighted by molar-refractivity contribution is -0.118. The summed E-state index contributed by atoms with van der Waals surface area (Å²) in [6.45, 7) is 2.55. The Morgan fingerprint density at radius 3 is 2.69 bits per heavy atom. The van der Waals surface area contributed by atoms with E-state index in [2.05, 4.69) is 5.32 Å². The van der Waals surface area contributed by atoms with E-state index in [0.717, 1.165) is 12.0 Å². The Balaban J connectivity index is 2.31. The Hall–Kier alpha value is -1.31. The van der Waals surface area contributed by atoms with Gasteiger partial charge in [0.1, 0.15) is 0 Å². The Bertz CT molecular complexity index is 256. The molecule has 2 nitrogen and oxygen atoms in total. The molecule has 1 radical (unpaired) electrons. The van der Waals surface area contributed by atoms with Gasteiger partial charge in [0.2, 0.25) is 5.91 Å². The van der Waals surface area contributed by atoms with Gasteiger partial charge < -0.3 is 5.32 Å². The standard InChI is InChI=1S/C11H14NO/c1-2-6-11(13)12-9-10-7-4-3-5-8-10/h3-8H,2,9H2,1H3,(H,12,13). The molecule has 1 rings (SSSR count). The van der Waals surface area contributed by atoms with Crippen LogP contribution < -0.4 is 5.32 Å². The van der Waals surface area contributed by atoms with E-state index in [1.165, 1.54) is 0 Å². The zero-order valence-corrected chi connectivity index (χ0v) is 7.79. The van der Waals surface area contributed by atoms with Crippen LogP contribution in [-0.4, -0.2) is 5.91 Å². The first-order valence-corrected chi connectivity index (χ1v) is 4.48. The van der Waals surface area contributed by atoms with Gasteiger partial charge in [-0.05, 0) is 12.0 Å². The van der Waals surface area contributed by atoms with Crippen molar-refractivity contribution in [3.8, 4) is 0 Å². The van der Waals surface area contributed by atoms with E-state index in [4.69, 9.17) is 0 Å². The van der Waals surface area contributed by atoms with Crippen LogP contribution in [0.2, 0.25) is 0 Å². The number of hydrogen-bond donors (Lipinski definition) is 1. The van der Waals surface area contributed by atoms with Gasteiger partial charge in [0.05, 0.1) is 0 Å². The third-order valence-corrected chi connectivity index (χ3v) is 1.70. The summed E-state index contributed by atoms with van der Waals surface area (Å²) in [7, 11) is 0. The van der Waals surface area contributed by atoms with Crippen LogP contribution in [0.25, 0.3) is 0 Å². The smallest absolute Gasteiger partial charge is 0.224 e.